The van der Waals surface area contributed by atoms with Crippen LogP contribution in [0.4, 0.5) is 5.13 Å². The normalized spacial score (nSPS) is 14.0. The lowest BCUT2D eigenvalue weighted by atomic mass is 10.1. The minimum absolute atomic E-state index is 0.0184. The van der Waals surface area contributed by atoms with Gasteiger partial charge in [0, 0.05) is 47.5 Å². The van der Waals surface area contributed by atoms with Gasteiger partial charge in [-0.25, -0.2) is 4.98 Å². The molecule has 1 amide bonds. The second-order valence-corrected chi connectivity index (χ2v) is 8.92. The Balaban J connectivity index is 1.25. The van der Waals surface area contributed by atoms with Crippen LogP contribution in [0.3, 0.4) is 0 Å². The van der Waals surface area contributed by atoms with Gasteiger partial charge < -0.3 is 10.3 Å². The molecule has 0 atom stereocenters. The van der Waals surface area contributed by atoms with E-state index in [-0.39, 0.29) is 5.91 Å². The smallest absolute Gasteiger partial charge is 0.230 e. The Hall–Kier alpha value is -2.96. The van der Waals surface area contributed by atoms with Crippen molar-refractivity contribution in [2.45, 2.75) is 32.9 Å². The van der Waals surface area contributed by atoms with Gasteiger partial charge >= 0.3 is 0 Å². The number of hydrogen-bond donors (Lipinski definition) is 2. The SMILES string of the molecule is Cc1[nH]c2ccccc2c1CC(=O)Nc1nc2c(s1)CN(Cc1ccccc1)CC2. The second kappa shape index (κ2) is 8.05. The fourth-order valence-corrected chi connectivity index (χ4v) is 5.23. The Kier molecular flexibility index (Phi) is 5.11. The molecule has 30 heavy (non-hydrogen) atoms. The number of aryl methyl sites for hydroxylation is 1. The maximum absolute atomic E-state index is 12.7. The van der Waals surface area contributed by atoms with Gasteiger partial charge in [-0.1, -0.05) is 48.5 Å². The van der Waals surface area contributed by atoms with Crippen LogP contribution in [0.15, 0.2) is 54.6 Å². The predicted molar refractivity (Wildman–Crippen MR) is 122 cm³/mol. The van der Waals surface area contributed by atoms with Gasteiger partial charge in [-0.2, -0.15) is 0 Å². The van der Waals surface area contributed by atoms with E-state index in [0.717, 1.165) is 53.9 Å². The summed E-state index contributed by atoms with van der Waals surface area (Å²) in [6.45, 7) is 4.85. The predicted octanol–water partition coefficient (Wildman–Crippen LogP) is 4.67. The van der Waals surface area contributed by atoms with Crippen molar-refractivity contribution in [3.05, 3.63) is 82.0 Å². The van der Waals surface area contributed by atoms with E-state index >= 15 is 0 Å². The Morgan fingerprint density at radius 2 is 1.97 bits per heavy atom. The fraction of sp³-hybridized carbons (Fsp3) is 0.250. The first-order valence-electron chi connectivity index (χ1n) is 10.3. The molecule has 4 aromatic rings. The molecule has 0 fully saturated rings. The van der Waals surface area contributed by atoms with Crippen molar-refractivity contribution in [3.8, 4) is 0 Å². The van der Waals surface area contributed by atoms with E-state index in [4.69, 9.17) is 4.98 Å². The molecular formula is C24H24N4OS. The van der Waals surface area contributed by atoms with Crippen LogP contribution in [0.25, 0.3) is 10.9 Å². The first-order valence-corrected chi connectivity index (χ1v) is 11.1. The second-order valence-electron chi connectivity index (χ2n) is 7.83. The van der Waals surface area contributed by atoms with Crippen molar-refractivity contribution in [1.29, 1.82) is 0 Å². The number of anilines is 1. The van der Waals surface area contributed by atoms with Crippen molar-refractivity contribution in [3.63, 3.8) is 0 Å². The number of hydrogen-bond acceptors (Lipinski definition) is 4. The number of aromatic nitrogens is 2. The van der Waals surface area contributed by atoms with Crippen LogP contribution >= 0.6 is 11.3 Å². The summed E-state index contributed by atoms with van der Waals surface area (Å²) in [5, 5.41) is 4.85. The molecule has 0 saturated carbocycles. The average Bonchev–Trinajstić information content (AvgIpc) is 3.28. The number of carbonyl (C=O) groups is 1. The Bertz CT molecular complexity index is 1190. The molecule has 0 radical (unpaired) electrons. The topological polar surface area (TPSA) is 61.0 Å². The van der Waals surface area contributed by atoms with Gasteiger partial charge in [-0.15, -0.1) is 11.3 Å². The van der Waals surface area contributed by atoms with Crippen LogP contribution in [0.2, 0.25) is 0 Å². The highest BCUT2D eigenvalue weighted by atomic mass is 32.1. The number of benzene rings is 2. The number of nitrogens with one attached hydrogen (secondary N) is 2. The van der Waals surface area contributed by atoms with Crippen LogP contribution in [-0.2, 0) is 30.7 Å². The monoisotopic (exact) mass is 416 g/mol. The van der Waals surface area contributed by atoms with Gasteiger partial charge in [-0.3, -0.25) is 9.69 Å². The van der Waals surface area contributed by atoms with Crippen LogP contribution < -0.4 is 5.32 Å². The minimum Gasteiger partial charge on any atom is -0.358 e. The van der Waals surface area contributed by atoms with Gasteiger partial charge in [0.15, 0.2) is 5.13 Å². The number of carbonyl (C=O) groups excluding carboxylic acids is 1. The van der Waals surface area contributed by atoms with E-state index in [1.165, 1.54) is 10.4 Å². The molecule has 1 aliphatic rings. The number of amides is 1. The standard InChI is InChI=1S/C24H24N4OS/c1-16-19(18-9-5-6-10-20(18)25-16)13-23(29)27-24-26-21-11-12-28(15-22(21)30-24)14-17-7-3-2-4-8-17/h2-10,25H,11-15H2,1H3,(H,26,27,29). The van der Waals surface area contributed by atoms with E-state index in [9.17, 15) is 4.79 Å². The van der Waals surface area contributed by atoms with Gasteiger partial charge in [-0.05, 0) is 24.1 Å². The third-order valence-corrected chi connectivity index (χ3v) is 6.67. The molecule has 152 valence electrons. The lowest BCUT2D eigenvalue weighted by molar-refractivity contribution is -0.115. The zero-order chi connectivity index (χ0) is 20.5. The average molecular weight is 417 g/mol. The Morgan fingerprint density at radius 1 is 1.17 bits per heavy atom. The van der Waals surface area contributed by atoms with Gasteiger partial charge in [0.2, 0.25) is 5.91 Å². The van der Waals surface area contributed by atoms with E-state index in [1.54, 1.807) is 11.3 Å². The summed E-state index contributed by atoms with van der Waals surface area (Å²) in [4.78, 5) is 24.5. The maximum Gasteiger partial charge on any atom is 0.230 e. The number of rotatable bonds is 5. The summed E-state index contributed by atoms with van der Waals surface area (Å²) < 4.78 is 0. The van der Waals surface area contributed by atoms with Crippen molar-refractivity contribution in [2.75, 3.05) is 11.9 Å². The van der Waals surface area contributed by atoms with Gasteiger partial charge in [0.1, 0.15) is 0 Å². The van der Waals surface area contributed by atoms with Crippen molar-refractivity contribution in [2.24, 2.45) is 0 Å². The lowest BCUT2D eigenvalue weighted by Crippen LogP contribution is -2.29. The highest BCUT2D eigenvalue weighted by molar-refractivity contribution is 7.15. The first-order chi connectivity index (χ1) is 14.7. The summed E-state index contributed by atoms with van der Waals surface area (Å²) >= 11 is 1.61. The quantitative estimate of drug-likeness (QED) is 0.497. The highest BCUT2D eigenvalue weighted by Gasteiger charge is 2.22. The number of nitrogens with zero attached hydrogens (tertiary/aromatic N) is 2. The molecule has 6 heteroatoms. The third-order valence-electron chi connectivity index (χ3n) is 5.67. The maximum atomic E-state index is 12.7. The number of H-pyrrole nitrogens is 1. The highest BCUT2D eigenvalue weighted by Crippen LogP contribution is 2.29. The van der Waals surface area contributed by atoms with Gasteiger partial charge in [0.25, 0.3) is 0 Å². The third kappa shape index (κ3) is 3.88. The summed E-state index contributed by atoms with van der Waals surface area (Å²) in [5.41, 5.74) is 5.62. The van der Waals surface area contributed by atoms with Crippen LogP contribution in [-0.4, -0.2) is 27.3 Å². The molecule has 5 nitrogen and oxygen atoms in total. The van der Waals surface area contributed by atoms with Crippen LogP contribution in [0.5, 0.6) is 0 Å². The number of thiazole rings is 1. The number of aromatic amines is 1. The van der Waals surface area contributed by atoms with Crippen molar-refractivity contribution >= 4 is 33.3 Å². The molecule has 2 aromatic carbocycles. The van der Waals surface area contributed by atoms with E-state index in [0.29, 0.717) is 11.6 Å². The minimum atomic E-state index is -0.0184. The number of fused-ring (bicyclic) bond motifs is 2. The van der Waals surface area contributed by atoms with E-state index in [1.807, 2.05) is 31.2 Å². The largest absolute Gasteiger partial charge is 0.358 e. The molecule has 0 bridgehead atoms. The molecule has 1 aliphatic heterocycles. The number of para-hydroxylation sites is 1. The summed E-state index contributed by atoms with van der Waals surface area (Å²) in [5.74, 6) is -0.0184. The van der Waals surface area contributed by atoms with E-state index < -0.39 is 0 Å². The van der Waals surface area contributed by atoms with Crippen LogP contribution in [0, 0.1) is 6.92 Å². The molecule has 0 aliphatic carbocycles. The molecule has 5 rings (SSSR count). The Labute approximate surface area is 179 Å². The first kappa shape index (κ1) is 19.0. The van der Waals surface area contributed by atoms with Crippen molar-refractivity contribution in [1.82, 2.24) is 14.9 Å². The zero-order valence-electron chi connectivity index (χ0n) is 16.9. The molecule has 0 unspecified atom stereocenters. The summed E-state index contributed by atoms with van der Waals surface area (Å²) in [6, 6.07) is 18.7. The molecule has 2 aromatic heterocycles. The summed E-state index contributed by atoms with van der Waals surface area (Å²) in [7, 11) is 0. The molecule has 0 saturated heterocycles. The van der Waals surface area contributed by atoms with Gasteiger partial charge in [0.05, 0.1) is 12.1 Å². The zero-order valence-corrected chi connectivity index (χ0v) is 17.8. The molecule has 3 heterocycles. The van der Waals surface area contributed by atoms with Crippen molar-refractivity contribution < 1.29 is 4.79 Å². The molecule has 0 spiro atoms. The molecular weight excluding hydrogens is 392 g/mol. The van der Waals surface area contributed by atoms with E-state index in [2.05, 4.69) is 45.5 Å². The van der Waals surface area contributed by atoms with Crippen LogP contribution in [0.1, 0.15) is 27.4 Å². The Morgan fingerprint density at radius 3 is 2.83 bits per heavy atom. The molecule has 2 N–H and O–H groups in total. The summed E-state index contributed by atoms with van der Waals surface area (Å²) in [6.07, 6.45) is 1.27. The fourth-order valence-electron chi connectivity index (χ4n) is 4.16. The lowest BCUT2D eigenvalue weighted by Gasteiger charge is -2.25.